The number of hydrogen-bond acceptors (Lipinski definition) is 3. The van der Waals surface area contributed by atoms with Crippen molar-refractivity contribution < 1.29 is 8.42 Å². The Balaban J connectivity index is 1.66. The van der Waals surface area contributed by atoms with Crippen molar-refractivity contribution in [1.29, 1.82) is 0 Å². The minimum absolute atomic E-state index is 0.193. The highest BCUT2D eigenvalue weighted by Crippen LogP contribution is 2.25. The molecule has 0 atom stereocenters. The first-order valence-corrected chi connectivity index (χ1v) is 9.40. The monoisotopic (exact) mass is 350 g/mol. The maximum Gasteiger partial charge on any atom is 0.244 e. The number of hydrogen-bond donors (Lipinski definition) is 0. The van der Waals surface area contributed by atoms with Gasteiger partial charge < -0.3 is 0 Å². The zero-order valence-corrected chi connectivity index (χ0v) is 14.3. The molecule has 0 saturated carbocycles. The molecule has 0 amide bonds. The first kappa shape index (κ1) is 16.5. The van der Waals surface area contributed by atoms with E-state index in [9.17, 15) is 8.42 Å². The van der Waals surface area contributed by atoms with Gasteiger partial charge >= 0.3 is 0 Å². The molecule has 0 radical (unpaired) electrons. The van der Waals surface area contributed by atoms with Gasteiger partial charge in [0.05, 0.1) is 5.02 Å². The Hall–Kier alpha value is -1.40. The lowest BCUT2D eigenvalue weighted by molar-refractivity contribution is 0.181. The zero-order chi connectivity index (χ0) is 16.3. The Bertz CT molecular complexity index is 757. The molecule has 1 fully saturated rings. The number of rotatable bonds is 4. The van der Waals surface area contributed by atoms with Gasteiger partial charge in [-0.15, -0.1) is 0 Å². The average Bonchev–Trinajstić information content (AvgIpc) is 2.56. The smallest absolute Gasteiger partial charge is 0.244 e. The molecule has 3 rings (SSSR count). The van der Waals surface area contributed by atoms with E-state index < -0.39 is 10.0 Å². The van der Waals surface area contributed by atoms with Crippen molar-refractivity contribution in [3.63, 3.8) is 0 Å². The van der Waals surface area contributed by atoms with E-state index in [0.717, 1.165) is 19.6 Å². The van der Waals surface area contributed by atoms with Gasteiger partial charge in [-0.25, -0.2) is 8.42 Å². The lowest BCUT2D eigenvalue weighted by atomic mass is 10.2. The molecule has 0 aliphatic carbocycles. The Morgan fingerprint density at radius 3 is 2.13 bits per heavy atom. The number of halogens is 1. The molecule has 2 aromatic carbocycles. The number of nitrogens with zero attached hydrogens (tertiary/aromatic N) is 2. The van der Waals surface area contributed by atoms with Crippen LogP contribution in [0, 0.1) is 0 Å². The van der Waals surface area contributed by atoms with Crippen molar-refractivity contribution in [1.82, 2.24) is 9.21 Å². The summed E-state index contributed by atoms with van der Waals surface area (Å²) in [6.45, 7) is 3.26. The average molecular weight is 351 g/mol. The largest absolute Gasteiger partial charge is 0.296 e. The van der Waals surface area contributed by atoms with Crippen molar-refractivity contribution in [3.8, 4) is 0 Å². The van der Waals surface area contributed by atoms with E-state index in [1.54, 1.807) is 24.3 Å². The van der Waals surface area contributed by atoms with Crippen LogP contribution in [0.1, 0.15) is 5.56 Å². The molecular formula is C17H19ClN2O2S. The molecule has 0 N–H and O–H groups in total. The Labute approximate surface area is 142 Å². The van der Waals surface area contributed by atoms with Crippen LogP contribution in [0.2, 0.25) is 5.02 Å². The van der Waals surface area contributed by atoms with E-state index in [0.29, 0.717) is 13.1 Å². The molecule has 1 aliphatic rings. The first-order chi connectivity index (χ1) is 11.1. The van der Waals surface area contributed by atoms with Crippen LogP contribution >= 0.6 is 11.6 Å². The molecule has 2 aromatic rings. The predicted molar refractivity (Wildman–Crippen MR) is 91.9 cm³/mol. The second kappa shape index (κ2) is 7.01. The predicted octanol–water partition coefficient (Wildman–Crippen LogP) is 2.85. The Kier molecular flexibility index (Phi) is 5.02. The van der Waals surface area contributed by atoms with Gasteiger partial charge in [-0.3, -0.25) is 4.90 Å². The fourth-order valence-corrected chi connectivity index (χ4v) is 4.68. The maximum absolute atomic E-state index is 12.7. The van der Waals surface area contributed by atoms with Crippen LogP contribution in [-0.4, -0.2) is 43.8 Å². The topological polar surface area (TPSA) is 40.6 Å². The summed E-state index contributed by atoms with van der Waals surface area (Å²) in [4.78, 5) is 2.46. The normalized spacial score (nSPS) is 17.3. The highest BCUT2D eigenvalue weighted by Gasteiger charge is 2.29. The van der Waals surface area contributed by atoms with Crippen LogP contribution in [0.3, 0.4) is 0 Å². The summed E-state index contributed by atoms with van der Waals surface area (Å²) in [5.41, 5.74) is 1.25. The lowest BCUT2D eigenvalue weighted by Crippen LogP contribution is -2.48. The molecular weight excluding hydrogens is 332 g/mol. The van der Waals surface area contributed by atoms with E-state index in [1.807, 2.05) is 18.2 Å². The van der Waals surface area contributed by atoms with E-state index in [-0.39, 0.29) is 9.92 Å². The van der Waals surface area contributed by atoms with Crippen LogP contribution in [-0.2, 0) is 16.6 Å². The van der Waals surface area contributed by atoms with Crippen LogP contribution in [0.4, 0.5) is 0 Å². The second-order valence-electron chi connectivity index (χ2n) is 5.60. The van der Waals surface area contributed by atoms with E-state index in [4.69, 9.17) is 11.6 Å². The van der Waals surface area contributed by atoms with Gasteiger partial charge in [0.15, 0.2) is 0 Å². The molecule has 1 aliphatic heterocycles. The molecule has 6 heteroatoms. The highest BCUT2D eigenvalue weighted by molar-refractivity contribution is 7.89. The molecule has 4 nitrogen and oxygen atoms in total. The van der Waals surface area contributed by atoms with Crippen LogP contribution < -0.4 is 0 Å². The van der Waals surface area contributed by atoms with Crippen LogP contribution in [0.5, 0.6) is 0 Å². The fourth-order valence-electron chi connectivity index (χ4n) is 2.76. The molecule has 122 valence electrons. The highest BCUT2D eigenvalue weighted by atomic mass is 35.5. The molecule has 1 heterocycles. The van der Waals surface area contributed by atoms with Gasteiger partial charge in [-0.1, -0.05) is 54.1 Å². The fraction of sp³-hybridized carbons (Fsp3) is 0.294. The van der Waals surface area contributed by atoms with Crippen molar-refractivity contribution >= 4 is 21.6 Å². The molecule has 0 aromatic heterocycles. The van der Waals surface area contributed by atoms with E-state index in [2.05, 4.69) is 17.0 Å². The van der Waals surface area contributed by atoms with Crippen LogP contribution in [0.15, 0.2) is 59.5 Å². The van der Waals surface area contributed by atoms with Gasteiger partial charge in [-0.05, 0) is 17.7 Å². The third-order valence-corrected chi connectivity index (χ3v) is 6.43. The summed E-state index contributed by atoms with van der Waals surface area (Å²) < 4.78 is 26.9. The van der Waals surface area contributed by atoms with E-state index in [1.165, 1.54) is 9.87 Å². The number of sulfonamides is 1. The quantitative estimate of drug-likeness (QED) is 0.851. The van der Waals surface area contributed by atoms with Crippen molar-refractivity contribution in [2.45, 2.75) is 11.4 Å². The van der Waals surface area contributed by atoms with Crippen molar-refractivity contribution in [2.75, 3.05) is 26.2 Å². The molecule has 0 unspecified atom stereocenters. The van der Waals surface area contributed by atoms with E-state index >= 15 is 0 Å². The summed E-state index contributed by atoms with van der Waals surface area (Å²) in [5.74, 6) is 0. The Morgan fingerprint density at radius 1 is 0.870 bits per heavy atom. The van der Waals surface area contributed by atoms with Crippen LogP contribution in [0.25, 0.3) is 0 Å². The maximum atomic E-state index is 12.7. The standard InChI is InChI=1S/C17H19ClN2O2S/c18-16-8-4-5-9-17(16)23(21,22)20-12-10-19(11-13-20)14-15-6-2-1-3-7-15/h1-9H,10-14H2. The first-order valence-electron chi connectivity index (χ1n) is 7.58. The minimum atomic E-state index is -3.51. The summed E-state index contributed by atoms with van der Waals surface area (Å²) in [6.07, 6.45) is 0. The number of piperazine rings is 1. The summed E-state index contributed by atoms with van der Waals surface area (Å²) in [7, 11) is -3.51. The van der Waals surface area contributed by atoms with Gasteiger partial charge in [0.25, 0.3) is 0 Å². The van der Waals surface area contributed by atoms with Crippen molar-refractivity contribution in [2.24, 2.45) is 0 Å². The molecule has 23 heavy (non-hydrogen) atoms. The lowest BCUT2D eigenvalue weighted by Gasteiger charge is -2.34. The summed E-state index contributed by atoms with van der Waals surface area (Å²) in [5, 5.41) is 0.277. The number of benzene rings is 2. The summed E-state index contributed by atoms with van der Waals surface area (Å²) in [6, 6.07) is 16.8. The molecule has 0 bridgehead atoms. The van der Waals surface area contributed by atoms with Gasteiger partial charge in [0, 0.05) is 32.7 Å². The minimum Gasteiger partial charge on any atom is -0.296 e. The second-order valence-corrected chi connectivity index (χ2v) is 7.91. The molecule has 0 spiro atoms. The summed E-state index contributed by atoms with van der Waals surface area (Å²) >= 11 is 6.05. The zero-order valence-electron chi connectivity index (χ0n) is 12.7. The van der Waals surface area contributed by atoms with Crippen molar-refractivity contribution in [3.05, 3.63) is 65.2 Å². The third kappa shape index (κ3) is 3.75. The molecule has 1 saturated heterocycles. The third-order valence-electron chi connectivity index (χ3n) is 4.03. The van der Waals surface area contributed by atoms with Gasteiger partial charge in [0.1, 0.15) is 4.90 Å². The Morgan fingerprint density at radius 2 is 1.48 bits per heavy atom. The van der Waals surface area contributed by atoms with Gasteiger partial charge in [0.2, 0.25) is 10.0 Å². The van der Waals surface area contributed by atoms with Gasteiger partial charge in [-0.2, -0.15) is 4.31 Å². The SMILES string of the molecule is O=S(=O)(c1ccccc1Cl)N1CCN(Cc2ccccc2)CC1.